The second-order valence-electron chi connectivity index (χ2n) is 7.42. The third-order valence-corrected chi connectivity index (χ3v) is 5.16. The molecule has 0 spiro atoms. The number of nitrogens with zero attached hydrogens (tertiary/aromatic N) is 1. The molecular formula is C17H36N2. The summed E-state index contributed by atoms with van der Waals surface area (Å²) in [6, 6.07) is 0.722. The van der Waals surface area contributed by atoms with Crippen molar-refractivity contribution in [1.29, 1.82) is 0 Å². The Labute approximate surface area is 121 Å². The summed E-state index contributed by atoms with van der Waals surface area (Å²) >= 11 is 0. The van der Waals surface area contributed by atoms with Gasteiger partial charge < -0.3 is 10.6 Å². The summed E-state index contributed by atoms with van der Waals surface area (Å²) in [6.07, 6.45) is 6.66. The Kier molecular flexibility index (Phi) is 6.82. The molecule has 2 nitrogen and oxygen atoms in total. The van der Waals surface area contributed by atoms with Gasteiger partial charge in [0.05, 0.1) is 0 Å². The predicted octanol–water partition coefficient (Wildman–Crippen LogP) is 3.90. The molecule has 2 heteroatoms. The van der Waals surface area contributed by atoms with Crippen LogP contribution in [0.1, 0.15) is 66.7 Å². The lowest BCUT2D eigenvalue weighted by atomic mass is 9.67. The second kappa shape index (κ2) is 7.64. The minimum Gasteiger partial charge on any atom is -0.330 e. The molecular weight excluding hydrogens is 232 g/mol. The fourth-order valence-corrected chi connectivity index (χ4v) is 3.64. The molecule has 0 saturated heterocycles. The van der Waals surface area contributed by atoms with Crippen molar-refractivity contribution in [3.05, 3.63) is 0 Å². The van der Waals surface area contributed by atoms with Gasteiger partial charge in [-0.25, -0.2) is 0 Å². The van der Waals surface area contributed by atoms with E-state index in [1.165, 1.54) is 45.2 Å². The number of hydrogen-bond acceptors (Lipinski definition) is 2. The maximum absolute atomic E-state index is 6.04. The Balaban J connectivity index is 2.72. The van der Waals surface area contributed by atoms with Crippen LogP contribution in [0.15, 0.2) is 0 Å². The minimum atomic E-state index is 0.446. The Morgan fingerprint density at radius 1 is 1.16 bits per heavy atom. The molecule has 3 unspecified atom stereocenters. The maximum atomic E-state index is 6.04. The molecule has 0 bridgehead atoms. The molecule has 3 atom stereocenters. The first-order chi connectivity index (χ1) is 8.93. The fourth-order valence-electron chi connectivity index (χ4n) is 3.64. The monoisotopic (exact) mass is 268 g/mol. The van der Waals surface area contributed by atoms with Gasteiger partial charge in [-0.05, 0) is 62.6 Å². The minimum absolute atomic E-state index is 0.446. The molecule has 1 saturated carbocycles. The average molecular weight is 268 g/mol. The summed E-state index contributed by atoms with van der Waals surface area (Å²) in [5.74, 6) is 1.58. The smallest absolute Gasteiger partial charge is 0.0138 e. The van der Waals surface area contributed by atoms with Crippen molar-refractivity contribution in [2.45, 2.75) is 72.8 Å². The summed E-state index contributed by atoms with van der Waals surface area (Å²) in [5.41, 5.74) is 6.49. The van der Waals surface area contributed by atoms with E-state index in [4.69, 9.17) is 5.73 Å². The number of nitrogens with two attached hydrogens (primary N) is 1. The summed E-state index contributed by atoms with van der Waals surface area (Å²) < 4.78 is 0. The molecule has 0 aromatic carbocycles. The second-order valence-corrected chi connectivity index (χ2v) is 7.42. The van der Waals surface area contributed by atoms with Gasteiger partial charge in [0.15, 0.2) is 0 Å². The Hall–Kier alpha value is -0.0800. The van der Waals surface area contributed by atoms with Crippen molar-refractivity contribution in [3.63, 3.8) is 0 Å². The first kappa shape index (κ1) is 17.0. The predicted molar refractivity (Wildman–Crippen MR) is 85.3 cm³/mol. The molecule has 0 heterocycles. The van der Waals surface area contributed by atoms with E-state index < -0.39 is 0 Å². The topological polar surface area (TPSA) is 29.3 Å². The van der Waals surface area contributed by atoms with Gasteiger partial charge in [-0.1, -0.05) is 41.0 Å². The van der Waals surface area contributed by atoms with Crippen LogP contribution in [0.5, 0.6) is 0 Å². The van der Waals surface area contributed by atoms with Gasteiger partial charge in [-0.3, -0.25) is 0 Å². The standard InChI is InChI=1S/C17H36N2/c1-6-8-11-19(7-2)16-12-15(17(3,4)5)10-9-14(16)13-18/h14-16H,6-13,18H2,1-5H3. The molecule has 19 heavy (non-hydrogen) atoms. The van der Waals surface area contributed by atoms with Crippen molar-refractivity contribution in [2.24, 2.45) is 23.0 Å². The van der Waals surface area contributed by atoms with E-state index in [-0.39, 0.29) is 0 Å². The van der Waals surface area contributed by atoms with Crippen LogP contribution < -0.4 is 5.73 Å². The number of unbranched alkanes of at least 4 members (excludes halogenated alkanes) is 1. The zero-order chi connectivity index (χ0) is 14.5. The maximum Gasteiger partial charge on any atom is 0.0138 e. The lowest BCUT2D eigenvalue weighted by molar-refractivity contribution is 0.0471. The molecule has 0 aromatic heterocycles. The third kappa shape index (κ3) is 4.75. The van der Waals surface area contributed by atoms with Crippen LogP contribution in [0.2, 0.25) is 0 Å². The van der Waals surface area contributed by atoms with Crippen molar-refractivity contribution in [2.75, 3.05) is 19.6 Å². The normalized spacial score (nSPS) is 28.9. The van der Waals surface area contributed by atoms with E-state index in [0.29, 0.717) is 5.41 Å². The van der Waals surface area contributed by atoms with Gasteiger partial charge in [-0.15, -0.1) is 0 Å². The van der Waals surface area contributed by atoms with Crippen LogP contribution in [0, 0.1) is 17.3 Å². The Bertz CT molecular complexity index is 244. The van der Waals surface area contributed by atoms with Crippen LogP contribution in [0.25, 0.3) is 0 Å². The highest BCUT2D eigenvalue weighted by molar-refractivity contribution is 4.90. The first-order valence-electron chi connectivity index (χ1n) is 8.38. The van der Waals surface area contributed by atoms with Gasteiger partial charge in [0.1, 0.15) is 0 Å². The zero-order valence-electron chi connectivity index (χ0n) is 13.9. The highest BCUT2D eigenvalue weighted by atomic mass is 15.2. The quantitative estimate of drug-likeness (QED) is 0.791. The molecule has 1 aliphatic carbocycles. The van der Waals surface area contributed by atoms with Gasteiger partial charge in [0, 0.05) is 6.04 Å². The fraction of sp³-hybridized carbons (Fsp3) is 1.00. The highest BCUT2D eigenvalue weighted by Crippen LogP contribution is 2.41. The van der Waals surface area contributed by atoms with Crippen LogP contribution in [-0.2, 0) is 0 Å². The van der Waals surface area contributed by atoms with Gasteiger partial charge in [0.2, 0.25) is 0 Å². The Morgan fingerprint density at radius 3 is 2.32 bits per heavy atom. The lowest BCUT2D eigenvalue weighted by Gasteiger charge is -2.46. The summed E-state index contributed by atoms with van der Waals surface area (Å²) in [6.45, 7) is 15.1. The van der Waals surface area contributed by atoms with Crippen molar-refractivity contribution in [1.82, 2.24) is 4.90 Å². The lowest BCUT2D eigenvalue weighted by Crippen LogP contribution is -2.48. The van der Waals surface area contributed by atoms with E-state index in [9.17, 15) is 0 Å². The largest absolute Gasteiger partial charge is 0.330 e. The molecule has 1 rings (SSSR count). The molecule has 0 aliphatic heterocycles. The van der Waals surface area contributed by atoms with E-state index >= 15 is 0 Å². The Morgan fingerprint density at radius 2 is 1.84 bits per heavy atom. The van der Waals surface area contributed by atoms with Crippen molar-refractivity contribution < 1.29 is 0 Å². The molecule has 0 amide bonds. The van der Waals surface area contributed by atoms with Gasteiger partial charge in [0.25, 0.3) is 0 Å². The van der Waals surface area contributed by atoms with Crippen molar-refractivity contribution >= 4 is 0 Å². The summed E-state index contributed by atoms with van der Waals surface area (Å²) in [5, 5.41) is 0. The summed E-state index contributed by atoms with van der Waals surface area (Å²) in [4.78, 5) is 2.71. The van der Waals surface area contributed by atoms with E-state index in [1.54, 1.807) is 0 Å². The van der Waals surface area contributed by atoms with E-state index in [0.717, 1.165) is 24.4 Å². The molecule has 0 radical (unpaired) electrons. The first-order valence-corrected chi connectivity index (χ1v) is 8.38. The molecule has 2 N–H and O–H groups in total. The van der Waals surface area contributed by atoms with Gasteiger partial charge in [-0.2, -0.15) is 0 Å². The van der Waals surface area contributed by atoms with Crippen molar-refractivity contribution in [3.8, 4) is 0 Å². The van der Waals surface area contributed by atoms with E-state index in [1.807, 2.05) is 0 Å². The average Bonchev–Trinajstić information content (AvgIpc) is 2.38. The summed E-state index contributed by atoms with van der Waals surface area (Å²) in [7, 11) is 0. The van der Waals surface area contributed by atoms with Crippen LogP contribution in [0.3, 0.4) is 0 Å². The van der Waals surface area contributed by atoms with Crippen LogP contribution >= 0.6 is 0 Å². The molecule has 1 fully saturated rings. The van der Waals surface area contributed by atoms with E-state index in [2.05, 4.69) is 39.5 Å². The highest BCUT2D eigenvalue weighted by Gasteiger charge is 2.37. The third-order valence-electron chi connectivity index (χ3n) is 5.16. The SMILES string of the molecule is CCCCN(CC)C1CC(C(C)(C)C)CCC1CN. The molecule has 0 aromatic rings. The molecule has 1 aliphatic rings. The molecule has 114 valence electrons. The van der Waals surface area contributed by atoms with Crippen LogP contribution in [0.4, 0.5) is 0 Å². The number of rotatable bonds is 6. The van der Waals surface area contributed by atoms with Crippen LogP contribution in [-0.4, -0.2) is 30.6 Å². The van der Waals surface area contributed by atoms with Gasteiger partial charge >= 0.3 is 0 Å². The zero-order valence-corrected chi connectivity index (χ0v) is 13.9. The number of hydrogen-bond donors (Lipinski definition) is 1.